The normalized spacial score (nSPS) is 19.8. The molecule has 0 aliphatic carbocycles. The zero-order valence-corrected chi connectivity index (χ0v) is 11.6. The van der Waals surface area contributed by atoms with Crippen molar-refractivity contribution in [1.82, 2.24) is 10.2 Å². The van der Waals surface area contributed by atoms with Gasteiger partial charge in [0.1, 0.15) is 6.04 Å². The molecule has 1 heterocycles. The maximum atomic E-state index is 13.9. The summed E-state index contributed by atoms with van der Waals surface area (Å²) < 4.78 is 19.3. The number of carbonyl (C=O) groups excluding carboxylic acids is 1. The van der Waals surface area contributed by atoms with Crippen molar-refractivity contribution in [2.75, 3.05) is 32.0 Å². The zero-order valence-electron chi connectivity index (χ0n) is 11.6. The van der Waals surface area contributed by atoms with Crippen LogP contribution >= 0.6 is 0 Å². The number of ether oxygens (including phenoxy) is 1. The van der Waals surface area contributed by atoms with E-state index in [0.29, 0.717) is 38.4 Å². The van der Waals surface area contributed by atoms with Gasteiger partial charge in [0.25, 0.3) is 0 Å². The van der Waals surface area contributed by atoms with Crippen LogP contribution in [0.1, 0.15) is 12.5 Å². The summed E-state index contributed by atoms with van der Waals surface area (Å²) in [5, 5.41) is 2.78. The molecule has 110 valence electrons. The first-order valence-corrected chi connectivity index (χ1v) is 6.75. The Labute approximate surface area is 117 Å². The third-order valence-electron chi connectivity index (χ3n) is 3.37. The van der Waals surface area contributed by atoms with Gasteiger partial charge >= 0.3 is 0 Å². The van der Waals surface area contributed by atoms with Gasteiger partial charge in [0.15, 0.2) is 5.82 Å². The van der Waals surface area contributed by atoms with E-state index in [4.69, 9.17) is 10.5 Å². The quantitative estimate of drug-likeness (QED) is 0.799. The molecule has 0 saturated carbocycles. The van der Waals surface area contributed by atoms with Gasteiger partial charge in [0, 0.05) is 25.2 Å². The van der Waals surface area contributed by atoms with Crippen molar-refractivity contribution < 1.29 is 13.9 Å². The summed E-state index contributed by atoms with van der Waals surface area (Å²) in [7, 11) is 0. The zero-order chi connectivity index (χ0) is 14.5. The van der Waals surface area contributed by atoms with E-state index >= 15 is 0 Å². The van der Waals surface area contributed by atoms with Crippen molar-refractivity contribution in [3.05, 3.63) is 29.6 Å². The van der Waals surface area contributed by atoms with Gasteiger partial charge in [0.05, 0.1) is 18.9 Å². The molecule has 1 fully saturated rings. The fourth-order valence-corrected chi connectivity index (χ4v) is 2.30. The smallest absolute Gasteiger partial charge is 0.239 e. The number of amides is 1. The lowest BCUT2D eigenvalue weighted by atomic mass is 10.1. The lowest BCUT2D eigenvalue weighted by Gasteiger charge is -2.34. The Morgan fingerprint density at radius 1 is 1.60 bits per heavy atom. The molecule has 1 aliphatic rings. The van der Waals surface area contributed by atoms with Gasteiger partial charge in [-0.25, -0.2) is 4.39 Å². The Kier molecular flexibility index (Phi) is 4.92. The van der Waals surface area contributed by atoms with E-state index in [2.05, 4.69) is 5.32 Å². The lowest BCUT2D eigenvalue weighted by molar-refractivity contribution is -0.132. The highest BCUT2D eigenvalue weighted by molar-refractivity contribution is 5.81. The van der Waals surface area contributed by atoms with Gasteiger partial charge in [-0.1, -0.05) is 12.1 Å². The molecule has 6 heteroatoms. The molecule has 1 aliphatic heterocycles. The van der Waals surface area contributed by atoms with Crippen molar-refractivity contribution in [2.24, 2.45) is 0 Å². The molecule has 20 heavy (non-hydrogen) atoms. The van der Waals surface area contributed by atoms with Crippen molar-refractivity contribution in [2.45, 2.75) is 19.5 Å². The van der Waals surface area contributed by atoms with Gasteiger partial charge in [-0.2, -0.15) is 0 Å². The number of nitrogen functional groups attached to an aromatic ring is 1. The van der Waals surface area contributed by atoms with Crippen LogP contribution in [0.5, 0.6) is 0 Å². The van der Waals surface area contributed by atoms with Crippen LogP contribution < -0.4 is 11.1 Å². The van der Waals surface area contributed by atoms with Crippen LogP contribution in [0.25, 0.3) is 0 Å². The fraction of sp³-hybridized carbons (Fsp3) is 0.500. The number of anilines is 1. The Bertz CT molecular complexity index is 481. The number of nitrogens with one attached hydrogen (secondary N) is 1. The highest BCUT2D eigenvalue weighted by atomic mass is 19.1. The minimum atomic E-state index is -0.409. The van der Waals surface area contributed by atoms with Crippen molar-refractivity contribution in [1.29, 1.82) is 0 Å². The molecule has 0 radical (unpaired) electrons. The summed E-state index contributed by atoms with van der Waals surface area (Å²) in [6, 6.07) is 4.55. The second-order valence-electron chi connectivity index (χ2n) is 4.78. The molecular weight excluding hydrogens is 261 g/mol. The Morgan fingerprint density at radius 3 is 3.15 bits per heavy atom. The average molecular weight is 281 g/mol. The Morgan fingerprint density at radius 2 is 2.40 bits per heavy atom. The van der Waals surface area contributed by atoms with Crippen LogP contribution in [0.15, 0.2) is 18.2 Å². The van der Waals surface area contributed by atoms with Gasteiger partial charge in [-0.3, -0.25) is 9.69 Å². The standard InChI is InChI=1S/C14H20FN3O2/c1-2-17-14(19)12-9-20-7-6-18(12)8-10-4-3-5-11(16)13(10)15/h3-5,12H,2,6-9,16H2,1H3,(H,17,19). The second-order valence-corrected chi connectivity index (χ2v) is 4.78. The van der Waals surface area contributed by atoms with Crippen LogP contribution in [0.4, 0.5) is 10.1 Å². The molecule has 2 rings (SSSR count). The van der Waals surface area contributed by atoms with E-state index in [0.717, 1.165) is 0 Å². The van der Waals surface area contributed by atoms with Crippen LogP contribution in [0.3, 0.4) is 0 Å². The van der Waals surface area contributed by atoms with Crippen LogP contribution in [-0.4, -0.2) is 43.2 Å². The first-order valence-electron chi connectivity index (χ1n) is 6.75. The lowest BCUT2D eigenvalue weighted by Crippen LogP contribution is -2.53. The minimum Gasteiger partial charge on any atom is -0.396 e. The molecule has 0 bridgehead atoms. The number of hydrogen-bond acceptors (Lipinski definition) is 4. The van der Waals surface area contributed by atoms with Crippen LogP contribution in [-0.2, 0) is 16.1 Å². The molecule has 0 aromatic heterocycles. The van der Waals surface area contributed by atoms with Gasteiger partial charge in [0.2, 0.25) is 5.91 Å². The molecule has 1 amide bonds. The summed E-state index contributed by atoms with van der Waals surface area (Å²) in [4.78, 5) is 13.9. The predicted molar refractivity (Wildman–Crippen MR) is 74.5 cm³/mol. The number of nitrogens with two attached hydrogens (primary N) is 1. The molecule has 3 N–H and O–H groups in total. The fourth-order valence-electron chi connectivity index (χ4n) is 2.30. The molecule has 1 unspecified atom stereocenters. The Hall–Kier alpha value is -1.66. The van der Waals surface area contributed by atoms with Crippen molar-refractivity contribution in [3.8, 4) is 0 Å². The number of nitrogens with zero attached hydrogens (tertiary/aromatic N) is 1. The first-order chi connectivity index (χ1) is 9.63. The summed E-state index contributed by atoms with van der Waals surface area (Å²) in [6.45, 7) is 4.24. The van der Waals surface area contributed by atoms with Gasteiger partial charge in [-0.05, 0) is 13.0 Å². The number of carbonyl (C=O) groups is 1. The maximum absolute atomic E-state index is 13.9. The topological polar surface area (TPSA) is 67.6 Å². The maximum Gasteiger partial charge on any atom is 0.239 e. The minimum absolute atomic E-state index is 0.0866. The van der Waals surface area contributed by atoms with E-state index in [1.165, 1.54) is 6.07 Å². The van der Waals surface area contributed by atoms with Gasteiger partial charge < -0.3 is 15.8 Å². The summed E-state index contributed by atoms with van der Waals surface area (Å²) in [6.07, 6.45) is 0. The van der Waals surface area contributed by atoms with Crippen LogP contribution in [0, 0.1) is 5.82 Å². The second kappa shape index (κ2) is 6.67. The molecule has 1 aromatic rings. The van der Waals surface area contributed by atoms with E-state index < -0.39 is 5.82 Å². The van der Waals surface area contributed by atoms with E-state index in [9.17, 15) is 9.18 Å². The largest absolute Gasteiger partial charge is 0.396 e. The SMILES string of the molecule is CCNC(=O)C1COCCN1Cc1cccc(N)c1F. The molecule has 1 atom stereocenters. The number of hydrogen-bond donors (Lipinski definition) is 2. The summed E-state index contributed by atoms with van der Waals surface area (Å²) in [5.41, 5.74) is 6.20. The van der Waals surface area contributed by atoms with Crippen molar-refractivity contribution >= 4 is 11.6 Å². The van der Waals surface area contributed by atoms with E-state index in [1.54, 1.807) is 12.1 Å². The number of rotatable bonds is 4. The molecule has 1 aromatic carbocycles. The van der Waals surface area contributed by atoms with Crippen molar-refractivity contribution in [3.63, 3.8) is 0 Å². The molecule has 1 saturated heterocycles. The highest BCUT2D eigenvalue weighted by Crippen LogP contribution is 2.19. The number of likely N-dealkylation sites (N-methyl/N-ethyl adjacent to an activating group) is 1. The van der Waals surface area contributed by atoms with E-state index in [-0.39, 0.29) is 17.6 Å². The molecule has 5 nitrogen and oxygen atoms in total. The average Bonchev–Trinajstić information content (AvgIpc) is 2.45. The predicted octanol–water partition coefficient (Wildman–Crippen LogP) is 0.745. The number of benzene rings is 1. The Balaban J connectivity index is 2.12. The monoisotopic (exact) mass is 281 g/mol. The first kappa shape index (κ1) is 14.7. The number of halogens is 1. The number of morpholine rings is 1. The molecule has 0 spiro atoms. The van der Waals surface area contributed by atoms with Crippen LogP contribution in [0.2, 0.25) is 0 Å². The van der Waals surface area contributed by atoms with E-state index in [1.807, 2.05) is 11.8 Å². The summed E-state index contributed by atoms with van der Waals surface area (Å²) in [5.74, 6) is -0.495. The van der Waals surface area contributed by atoms with Gasteiger partial charge in [-0.15, -0.1) is 0 Å². The summed E-state index contributed by atoms with van der Waals surface area (Å²) >= 11 is 0. The molecular formula is C14H20FN3O2. The third kappa shape index (κ3) is 3.26. The third-order valence-corrected chi connectivity index (χ3v) is 3.37. The highest BCUT2D eigenvalue weighted by Gasteiger charge is 2.29.